The molecule has 0 amide bonds. The normalized spacial score (nSPS) is 13.3. The van der Waals surface area contributed by atoms with Crippen molar-refractivity contribution in [2.45, 2.75) is 72.2 Å². The van der Waals surface area contributed by atoms with E-state index in [1.54, 1.807) is 20.0 Å². The van der Waals surface area contributed by atoms with Gasteiger partial charge < -0.3 is 18.5 Å². The Balaban J connectivity index is 2.88. The fraction of sp³-hybridized carbons (Fsp3) is 0.750. The maximum absolute atomic E-state index is 12.3. The van der Waals surface area contributed by atoms with Crippen molar-refractivity contribution in [1.82, 2.24) is 9.55 Å². The third-order valence-electron chi connectivity index (χ3n) is 5.33. The zero-order chi connectivity index (χ0) is 21.5. The fourth-order valence-corrected chi connectivity index (χ4v) is 3.36. The first-order valence-electron chi connectivity index (χ1n) is 9.88. The van der Waals surface area contributed by atoms with Gasteiger partial charge in [0.05, 0.1) is 44.1 Å². The zero-order valence-electron chi connectivity index (χ0n) is 18.6. The molecule has 160 valence electrons. The van der Waals surface area contributed by atoms with Crippen molar-refractivity contribution < 1.29 is 23.5 Å². The molecule has 1 aromatic rings. The number of ether oxygens (including phenoxy) is 2. The average Bonchev–Trinajstić information content (AvgIpc) is 2.92. The molecule has 0 bridgehead atoms. The lowest BCUT2D eigenvalue weighted by Crippen LogP contribution is -2.40. The van der Waals surface area contributed by atoms with Crippen LogP contribution in [-0.2, 0) is 43.6 Å². The monoisotopic (exact) mass is 412 g/mol. The van der Waals surface area contributed by atoms with E-state index < -0.39 is 26.2 Å². The third-order valence-corrected chi connectivity index (χ3v) is 9.81. The fourth-order valence-electron chi connectivity index (χ4n) is 2.42. The van der Waals surface area contributed by atoms with Gasteiger partial charge in [-0.2, -0.15) is 0 Å². The van der Waals surface area contributed by atoms with Crippen molar-refractivity contribution in [3.8, 4) is 0 Å². The Kier molecular flexibility index (Phi) is 8.88. The Labute approximate surface area is 169 Å². The number of imidazole rings is 1. The molecule has 8 heteroatoms. The number of nitrogens with zero attached hydrogens (tertiary/aromatic N) is 2. The molecular weight excluding hydrogens is 376 g/mol. The second-order valence-electron chi connectivity index (χ2n) is 8.44. The quantitative estimate of drug-likeness (QED) is 0.431. The number of carbonyl (C=O) groups excluding carboxylic acids is 2. The van der Waals surface area contributed by atoms with E-state index in [1.807, 2.05) is 11.6 Å². The number of rotatable bonds is 10. The van der Waals surface area contributed by atoms with E-state index in [-0.39, 0.29) is 24.7 Å². The summed E-state index contributed by atoms with van der Waals surface area (Å²) in [5, 5.41) is 0.128. The molecule has 0 aliphatic heterocycles. The molecule has 0 N–H and O–H groups in total. The summed E-state index contributed by atoms with van der Waals surface area (Å²) in [4.78, 5) is 28.6. The van der Waals surface area contributed by atoms with Crippen molar-refractivity contribution in [3.05, 3.63) is 17.7 Å². The summed E-state index contributed by atoms with van der Waals surface area (Å²) >= 11 is 0. The lowest BCUT2D eigenvalue weighted by atomic mass is 10.0. The van der Waals surface area contributed by atoms with Crippen LogP contribution in [0.1, 0.15) is 52.6 Å². The van der Waals surface area contributed by atoms with Gasteiger partial charge in [-0.05, 0) is 32.0 Å². The second kappa shape index (κ2) is 10.2. The van der Waals surface area contributed by atoms with Gasteiger partial charge >= 0.3 is 11.9 Å². The Morgan fingerprint density at radius 3 is 2.32 bits per heavy atom. The van der Waals surface area contributed by atoms with Crippen LogP contribution in [0.15, 0.2) is 6.20 Å². The molecule has 1 aromatic heterocycles. The molecule has 1 atom stereocenters. The molecule has 0 saturated heterocycles. The molecule has 1 heterocycles. The van der Waals surface area contributed by atoms with E-state index in [0.717, 1.165) is 11.5 Å². The molecule has 1 unspecified atom stereocenters. The highest BCUT2D eigenvalue weighted by Crippen LogP contribution is 2.37. The zero-order valence-corrected chi connectivity index (χ0v) is 19.6. The highest BCUT2D eigenvalue weighted by molar-refractivity contribution is 6.74. The van der Waals surface area contributed by atoms with E-state index in [9.17, 15) is 9.59 Å². The van der Waals surface area contributed by atoms with Crippen LogP contribution in [-0.4, -0.2) is 43.0 Å². The maximum Gasteiger partial charge on any atom is 0.309 e. The van der Waals surface area contributed by atoms with Crippen LogP contribution in [0.5, 0.6) is 0 Å². The molecule has 0 saturated carbocycles. The molecule has 0 radical (unpaired) electrons. The second-order valence-corrected chi connectivity index (χ2v) is 13.2. The molecule has 0 aliphatic carbocycles. The van der Waals surface area contributed by atoms with Crippen LogP contribution < -0.4 is 0 Å². The number of esters is 2. The van der Waals surface area contributed by atoms with E-state index in [1.165, 1.54) is 0 Å². The Bertz CT molecular complexity index is 664. The van der Waals surface area contributed by atoms with Crippen LogP contribution in [0.4, 0.5) is 0 Å². The summed E-state index contributed by atoms with van der Waals surface area (Å²) in [6.45, 7) is 15.5. The average molecular weight is 413 g/mol. The van der Waals surface area contributed by atoms with Gasteiger partial charge in [0.2, 0.25) is 0 Å². The molecule has 7 nitrogen and oxygen atoms in total. The first-order valence-corrected chi connectivity index (χ1v) is 12.8. The molecule has 0 aliphatic rings. The predicted octanol–water partition coefficient (Wildman–Crippen LogP) is 3.62. The van der Waals surface area contributed by atoms with Crippen LogP contribution in [0, 0.1) is 5.92 Å². The van der Waals surface area contributed by atoms with Gasteiger partial charge in [0.15, 0.2) is 8.32 Å². The SMILES string of the molecule is CCOC(=O)CC(Cc1ncc(CO[Si](C)(C)C(C)(C)C)n1C)C(=O)OCC. The van der Waals surface area contributed by atoms with Gasteiger partial charge in [-0.15, -0.1) is 0 Å². The molecule has 0 fully saturated rings. The van der Waals surface area contributed by atoms with Gasteiger partial charge in [0.1, 0.15) is 5.82 Å². The van der Waals surface area contributed by atoms with Crippen LogP contribution in [0.3, 0.4) is 0 Å². The third kappa shape index (κ3) is 6.74. The van der Waals surface area contributed by atoms with Gasteiger partial charge in [0, 0.05) is 13.5 Å². The number of hydrogen-bond donors (Lipinski definition) is 0. The van der Waals surface area contributed by atoms with Crippen molar-refractivity contribution >= 4 is 20.3 Å². The molecule has 1 rings (SSSR count). The molecule has 0 spiro atoms. The smallest absolute Gasteiger partial charge is 0.309 e. The standard InChI is InChI=1S/C20H36N2O5Si/c1-9-25-18(23)12-15(19(24)26-10-2)11-17-21-13-16(22(17)6)14-27-28(7,8)20(3,4)5/h13,15H,9-12,14H2,1-8H3. The molecule has 28 heavy (non-hydrogen) atoms. The van der Waals surface area contributed by atoms with E-state index in [0.29, 0.717) is 13.0 Å². The highest BCUT2D eigenvalue weighted by Gasteiger charge is 2.37. The Hall–Kier alpha value is -1.67. The minimum absolute atomic E-state index is 0.0185. The minimum atomic E-state index is -1.87. The first-order chi connectivity index (χ1) is 12.9. The van der Waals surface area contributed by atoms with E-state index >= 15 is 0 Å². The van der Waals surface area contributed by atoms with Crippen molar-refractivity contribution in [1.29, 1.82) is 0 Å². The summed E-state index contributed by atoms with van der Waals surface area (Å²) in [5.41, 5.74) is 0.943. The summed E-state index contributed by atoms with van der Waals surface area (Å²) in [5.74, 6) is -0.709. The minimum Gasteiger partial charge on any atom is -0.466 e. The maximum atomic E-state index is 12.3. The van der Waals surface area contributed by atoms with Gasteiger partial charge in [0.25, 0.3) is 0 Å². The summed E-state index contributed by atoms with van der Waals surface area (Å²) in [6, 6.07) is 0. The van der Waals surface area contributed by atoms with Gasteiger partial charge in [-0.25, -0.2) is 4.98 Å². The van der Waals surface area contributed by atoms with Crippen molar-refractivity contribution in [2.75, 3.05) is 13.2 Å². The summed E-state index contributed by atoms with van der Waals surface area (Å²) < 4.78 is 18.3. The lowest BCUT2D eigenvalue weighted by molar-refractivity contribution is -0.154. The van der Waals surface area contributed by atoms with Crippen molar-refractivity contribution in [3.63, 3.8) is 0 Å². The number of aromatic nitrogens is 2. The lowest BCUT2D eigenvalue weighted by Gasteiger charge is -2.36. The van der Waals surface area contributed by atoms with Crippen LogP contribution in [0.25, 0.3) is 0 Å². The van der Waals surface area contributed by atoms with Gasteiger partial charge in [-0.3, -0.25) is 9.59 Å². The van der Waals surface area contributed by atoms with E-state index in [2.05, 4.69) is 38.8 Å². The van der Waals surface area contributed by atoms with Crippen molar-refractivity contribution in [2.24, 2.45) is 13.0 Å². The Morgan fingerprint density at radius 2 is 1.79 bits per heavy atom. The summed E-state index contributed by atoms with van der Waals surface area (Å²) in [6.07, 6.45) is 2.07. The number of hydrogen-bond acceptors (Lipinski definition) is 6. The first kappa shape index (κ1) is 24.4. The molecule has 0 aromatic carbocycles. The predicted molar refractivity (Wildman–Crippen MR) is 110 cm³/mol. The summed E-state index contributed by atoms with van der Waals surface area (Å²) in [7, 11) is 0.0327. The van der Waals surface area contributed by atoms with Crippen LogP contribution in [0.2, 0.25) is 18.1 Å². The number of carbonyl (C=O) groups is 2. The van der Waals surface area contributed by atoms with E-state index in [4.69, 9.17) is 13.9 Å². The van der Waals surface area contributed by atoms with Crippen LogP contribution >= 0.6 is 0 Å². The molecular formula is C20H36N2O5Si. The largest absolute Gasteiger partial charge is 0.466 e. The highest BCUT2D eigenvalue weighted by atomic mass is 28.4. The van der Waals surface area contributed by atoms with Gasteiger partial charge in [-0.1, -0.05) is 20.8 Å². The topological polar surface area (TPSA) is 79.7 Å². The Morgan fingerprint density at radius 1 is 1.18 bits per heavy atom.